The molecule has 2 fully saturated rings. The molecule has 122 valence electrons. The molecule has 0 radical (unpaired) electrons. The van der Waals surface area contributed by atoms with Crippen molar-refractivity contribution in [3.8, 4) is 0 Å². The van der Waals surface area contributed by atoms with Gasteiger partial charge in [0.25, 0.3) is 0 Å². The van der Waals surface area contributed by atoms with Crippen LogP contribution in [0.25, 0.3) is 0 Å². The number of nitrogens with one attached hydrogen (secondary N) is 2. The Hall–Kier alpha value is -0.850. The van der Waals surface area contributed by atoms with Crippen LogP contribution in [0.3, 0.4) is 0 Å². The highest BCUT2D eigenvalue weighted by Crippen LogP contribution is 2.30. The quantitative estimate of drug-likeness (QED) is 0.656. The van der Waals surface area contributed by atoms with Crippen molar-refractivity contribution in [2.45, 2.75) is 43.7 Å². The summed E-state index contributed by atoms with van der Waals surface area (Å²) < 4.78 is 0. The number of carbonyl (C=O) groups excluding carboxylic acids is 1. The number of amides is 2. The molecule has 0 aromatic carbocycles. The average molecular weight is 298 g/mol. The van der Waals surface area contributed by atoms with E-state index in [1.54, 1.807) is 0 Å². The van der Waals surface area contributed by atoms with E-state index in [1.165, 1.54) is 0 Å². The minimum absolute atomic E-state index is 0.137. The third-order valence-corrected chi connectivity index (χ3v) is 4.65. The maximum absolute atomic E-state index is 11.8. The summed E-state index contributed by atoms with van der Waals surface area (Å²) in [5.74, 6) is 0. The molecule has 0 unspecified atom stereocenters. The van der Waals surface area contributed by atoms with Gasteiger partial charge < -0.3 is 25.5 Å². The Morgan fingerprint density at radius 1 is 1.33 bits per heavy atom. The van der Waals surface area contributed by atoms with Gasteiger partial charge in [-0.1, -0.05) is 0 Å². The van der Waals surface area contributed by atoms with Crippen molar-refractivity contribution in [1.82, 2.24) is 20.4 Å². The molecule has 1 aliphatic heterocycles. The molecule has 1 aliphatic carbocycles. The van der Waals surface area contributed by atoms with Crippen LogP contribution in [0.5, 0.6) is 0 Å². The first-order valence-corrected chi connectivity index (χ1v) is 8.11. The highest BCUT2D eigenvalue weighted by molar-refractivity contribution is 5.74. The van der Waals surface area contributed by atoms with Gasteiger partial charge in [0.05, 0.1) is 5.60 Å². The maximum Gasteiger partial charge on any atom is 0.315 e. The van der Waals surface area contributed by atoms with E-state index < -0.39 is 5.60 Å². The number of likely N-dealkylation sites (tertiary alicyclic amines) is 1. The molecule has 6 heteroatoms. The van der Waals surface area contributed by atoms with Crippen molar-refractivity contribution in [2.75, 3.05) is 46.8 Å². The molecule has 1 saturated carbocycles. The number of nitrogens with zero attached hydrogens (tertiary/aromatic N) is 2. The fraction of sp³-hybridized carbons (Fsp3) is 0.933. The summed E-state index contributed by atoms with van der Waals surface area (Å²) in [6, 6.07) is 0.124. The standard InChI is InChI=1S/C15H30N4O2/c1-18(2)10-11-19-8-4-13(5-9-19)17-14(20)16-12-15(21)6-3-7-15/h13,21H,3-12H2,1-2H3,(H2,16,17,20). The van der Waals surface area contributed by atoms with E-state index in [0.717, 1.165) is 58.3 Å². The van der Waals surface area contributed by atoms with Crippen molar-refractivity contribution in [3.05, 3.63) is 0 Å². The molecule has 2 aliphatic rings. The van der Waals surface area contributed by atoms with Gasteiger partial charge in [0, 0.05) is 38.8 Å². The highest BCUT2D eigenvalue weighted by atomic mass is 16.3. The van der Waals surface area contributed by atoms with E-state index in [-0.39, 0.29) is 12.1 Å². The summed E-state index contributed by atoms with van der Waals surface area (Å²) in [5, 5.41) is 15.8. The Morgan fingerprint density at radius 3 is 2.52 bits per heavy atom. The van der Waals surface area contributed by atoms with Gasteiger partial charge in [-0.25, -0.2) is 4.79 Å². The molecule has 2 rings (SSSR count). The second-order valence-corrected chi connectivity index (χ2v) is 6.82. The molecule has 0 bridgehead atoms. The largest absolute Gasteiger partial charge is 0.388 e. The number of aliphatic hydroxyl groups is 1. The second kappa shape index (κ2) is 7.42. The lowest BCUT2D eigenvalue weighted by atomic mass is 9.80. The minimum Gasteiger partial charge on any atom is -0.388 e. The summed E-state index contributed by atoms with van der Waals surface area (Å²) in [6.45, 7) is 4.64. The van der Waals surface area contributed by atoms with Gasteiger partial charge in [0.15, 0.2) is 0 Å². The van der Waals surface area contributed by atoms with Crippen LogP contribution in [0, 0.1) is 0 Å². The van der Waals surface area contributed by atoms with Crippen LogP contribution in [-0.4, -0.2) is 79.4 Å². The summed E-state index contributed by atoms with van der Waals surface area (Å²) >= 11 is 0. The Balaban J connectivity index is 1.58. The highest BCUT2D eigenvalue weighted by Gasteiger charge is 2.34. The zero-order chi connectivity index (χ0) is 15.3. The number of rotatable bonds is 6. The van der Waals surface area contributed by atoms with E-state index in [4.69, 9.17) is 0 Å². The molecule has 1 saturated heterocycles. The molecule has 0 aromatic rings. The van der Waals surface area contributed by atoms with E-state index >= 15 is 0 Å². The zero-order valence-electron chi connectivity index (χ0n) is 13.4. The Labute approximate surface area is 127 Å². The number of piperidine rings is 1. The summed E-state index contributed by atoms with van der Waals surface area (Å²) in [6.07, 6.45) is 4.68. The smallest absolute Gasteiger partial charge is 0.315 e. The maximum atomic E-state index is 11.8. The fourth-order valence-corrected chi connectivity index (χ4v) is 2.89. The predicted molar refractivity (Wildman–Crippen MR) is 83.4 cm³/mol. The normalized spacial score (nSPS) is 22.9. The Bertz CT molecular complexity index is 337. The summed E-state index contributed by atoms with van der Waals surface area (Å²) in [5.41, 5.74) is -0.646. The van der Waals surface area contributed by atoms with Crippen molar-refractivity contribution in [3.63, 3.8) is 0 Å². The topological polar surface area (TPSA) is 67.8 Å². The van der Waals surface area contributed by atoms with Gasteiger partial charge in [-0.05, 0) is 46.2 Å². The van der Waals surface area contributed by atoms with Crippen LogP contribution < -0.4 is 10.6 Å². The number of likely N-dealkylation sites (N-methyl/N-ethyl adjacent to an activating group) is 1. The fourth-order valence-electron chi connectivity index (χ4n) is 2.89. The van der Waals surface area contributed by atoms with Gasteiger partial charge in [-0.2, -0.15) is 0 Å². The monoisotopic (exact) mass is 298 g/mol. The molecule has 0 aromatic heterocycles. The van der Waals surface area contributed by atoms with Crippen molar-refractivity contribution in [2.24, 2.45) is 0 Å². The van der Waals surface area contributed by atoms with Gasteiger partial charge in [0.1, 0.15) is 0 Å². The number of urea groups is 1. The molecule has 0 atom stereocenters. The molecule has 6 nitrogen and oxygen atoms in total. The van der Waals surface area contributed by atoms with E-state index in [2.05, 4.69) is 34.5 Å². The predicted octanol–water partition coefficient (Wildman–Crippen LogP) is 0.227. The first-order chi connectivity index (χ1) is 9.97. The van der Waals surface area contributed by atoms with Crippen molar-refractivity contribution >= 4 is 6.03 Å². The molecular formula is C15H30N4O2. The van der Waals surface area contributed by atoms with Gasteiger partial charge in [0.2, 0.25) is 0 Å². The van der Waals surface area contributed by atoms with Crippen LogP contribution in [0.15, 0.2) is 0 Å². The summed E-state index contributed by atoms with van der Waals surface area (Å²) in [4.78, 5) is 16.5. The molecular weight excluding hydrogens is 268 g/mol. The van der Waals surface area contributed by atoms with Crippen LogP contribution >= 0.6 is 0 Å². The third kappa shape index (κ3) is 5.45. The molecule has 1 heterocycles. The second-order valence-electron chi connectivity index (χ2n) is 6.82. The molecule has 0 spiro atoms. The number of hydrogen-bond acceptors (Lipinski definition) is 4. The van der Waals surface area contributed by atoms with Crippen molar-refractivity contribution in [1.29, 1.82) is 0 Å². The zero-order valence-corrected chi connectivity index (χ0v) is 13.4. The average Bonchev–Trinajstić information content (AvgIpc) is 2.42. The van der Waals surface area contributed by atoms with Gasteiger partial charge >= 0.3 is 6.03 Å². The molecule has 3 N–H and O–H groups in total. The molecule has 2 amide bonds. The van der Waals surface area contributed by atoms with E-state index in [0.29, 0.717) is 6.54 Å². The first-order valence-electron chi connectivity index (χ1n) is 8.11. The Kier molecular flexibility index (Phi) is 5.84. The van der Waals surface area contributed by atoms with Crippen LogP contribution in [-0.2, 0) is 0 Å². The lowest BCUT2D eigenvalue weighted by Gasteiger charge is -2.37. The molecule has 21 heavy (non-hydrogen) atoms. The third-order valence-electron chi connectivity index (χ3n) is 4.65. The number of carbonyl (C=O) groups is 1. The van der Waals surface area contributed by atoms with E-state index in [9.17, 15) is 9.90 Å². The van der Waals surface area contributed by atoms with Crippen LogP contribution in [0.4, 0.5) is 4.79 Å². The SMILES string of the molecule is CN(C)CCN1CCC(NC(=O)NCC2(O)CCC2)CC1. The van der Waals surface area contributed by atoms with Gasteiger partial charge in [-0.15, -0.1) is 0 Å². The van der Waals surface area contributed by atoms with Gasteiger partial charge in [-0.3, -0.25) is 0 Å². The van der Waals surface area contributed by atoms with Crippen molar-refractivity contribution < 1.29 is 9.90 Å². The Morgan fingerprint density at radius 2 is 2.00 bits per heavy atom. The van der Waals surface area contributed by atoms with Crippen LogP contribution in [0.1, 0.15) is 32.1 Å². The lowest BCUT2D eigenvalue weighted by Crippen LogP contribution is -2.53. The minimum atomic E-state index is -0.646. The first kappa shape index (κ1) is 16.5. The van der Waals surface area contributed by atoms with E-state index in [1.807, 2.05) is 0 Å². The lowest BCUT2D eigenvalue weighted by molar-refractivity contribution is -0.0290. The summed E-state index contributed by atoms with van der Waals surface area (Å²) in [7, 11) is 4.18. The van der Waals surface area contributed by atoms with Crippen LogP contribution in [0.2, 0.25) is 0 Å². The number of hydrogen-bond donors (Lipinski definition) is 3.